The minimum Gasteiger partial charge on any atom is -0.383 e. The molecule has 120 valence electrons. The molecule has 0 amide bonds. The quantitative estimate of drug-likeness (QED) is 0.294. The molecule has 0 aliphatic heterocycles. The lowest BCUT2D eigenvalue weighted by Crippen LogP contribution is -2.34. The highest BCUT2D eigenvalue weighted by Crippen LogP contribution is 2.34. The van der Waals surface area contributed by atoms with Crippen LogP contribution in [0.5, 0.6) is 0 Å². The average molecular weight is 482 g/mol. The third kappa shape index (κ3) is 7.32. The van der Waals surface area contributed by atoms with Crippen molar-refractivity contribution in [3.8, 4) is 0 Å². The lowest BCUT2D eigenvalue weighted by molar-refractivity contribution is -0.138. The summed E-state index contributed by atoms with van der Waals surface area (Å²) in [5.41, 5.74) is 4.89. The van der Waals surface area contributed by atoms with Gasteiger partial charge in [-0.05, 0) is 17.7 Å². The third-order valence-corrected chi connectivity index (χ3v) is 2.90. The van der Waals surface area contributed by atoms with Crippen molar-refractivity contribution in [1.82, 2.24) is 5.32 Å². The number of benzene rings is 1. The fraction of sp³-hybridized carbons (Fsp3) is 0.417. The Morgan fingerprint density at radius 2 is 2.10 bits per heavy atom. The number of nitrogens with two attached hydrogens (primary N) is 1. The van der Waals surface area contributed by atoms with Crippen molar-refractivity contribution in [2.45, 2.75) is 12.7 Å². The maximum Gasteiger partial charge on any atom is 0.416 e. The van der Waals surface area contributed by atoms with Gasteiger partial charge in [0.25, 0.3) is 0 Å². The van der Waals surface area contributed by atoms with Gasteiger partial charge in [0.1, 0.15) is 0 Å². The van der Waals surface area contributed by atoms with Crippen molar-refractivity contribution in [3.05, 3.63) is 33.8 Å². The van der Waals surface area contributed by atoms with Crippen molar-refractivity contribution < 1.29 is 17.9 Å². The van der Waals surface area contributed by atoms with E-state index in [1.165, 1.54) is 19.2 Å². The minimum absolute atomic E-state index is 0. The summed E-state index contributed by atoms with van der Waals surface area (Å²) in [6, 6.07) is 3.94. The molecule has 0 radical (unpaired) electrons. The molecule has 1 aromatic rings. The molecule has 3 N–H and O–H groups in total. The van der Waals surface area contributed by atoms with Crippen molar-refractivity contribution in [2.75, 3.05) is 20.3 Å². The van der Waals surface area contributed by atoms with E-state index in [4.69, 9.17) is 10.5 Å². The van der Waals surface area contributed by atoms with E-state index in [1.807, 2.05) is 0 Å². The molecule has 0 aliphatic carbocycles. The number of halogens is 5. The van der Waals surface area contributed by atoms with Crippen molar-refractivity contribution >= 4 is 45.9 Å². The van der Waals surface area contributed by atoms with Gasteiger partial charge in [0, 0.05) is 18.1 Å². The highest BCUT2D eigenvalue weighted by atomic mass is 127. The van der Waals surface area contributed by atoms with Gasteiger partial charge in [-0.3, -0.25) is 0 Å². The molecule has 0 spiro atoms. The molecule has 0 saturated heterocycles. The summed E-state index contributed by atoms with van der Waals surface area (Å²) in [7, 11) is 1.53. The predicted octanol–water partition coefficient (Wildman–Crippen LogP) is 3.14. The normalized spacial score (nSPS) is 12.0. The van der Waals surface area contributed by atoms with E-state index in [-0.39, 0.29) is 42.0 Å². The monoisotopic (exact) mass is 481 g/mol. The largest absolute Gasteiger partial charge is 0.416 e. The van der Waals surface area contributed by atoms with Gasteiger partial charge >= 0.3 is 6.18 Å². The van der Waals surface area contributed by atoms with Gasteiger partial charge in [-0.15, -0.1) is 24.0 Å². The minimum atomic E-state index is -4.42. The van der Waals surface area contributed by atoms with E-state index >= 15 is 0 Å². The van der Waals surface area contributed by atoms with Crippen LogP contribution in [0.15, 0.2) is 27.7 Å². The SMILES string of the molecule is COCCNC(N)=NCc1ccc(Br)cc1C(F)(F)F.I. The molecule has 0 atom stereocenters. The number of alkyl halides is 3. The van der Waals surface area contributed by atoms with Crippen LogP contribution in [0, 0.1) is 0 Å². The zero-order chi connectivity index (χ0) is 15.2. The number of nitrogens with one attached hydrogen (secondary N) is 1. The molecular formula is C12H16BrF3IN3O. The van der Waals surface area contributed by atoms with Crippen LogP contribution in [-0.2, 0) is 17.5 Å². The maximum absolute atomic E-state index is 12.9. The molecule has 0 saturated carbocycles. The second-order valence-electron chi connectivity index (χ2n) is 3.92. The van der Waals surface area contributed by atoms with E-state index in [0.717, 1.165) is 6.07 Å². The van der Waals surface area contributed by atoms with Crippen LogP contribution in [-0.4, -0.2) is 26.2 Å². The van der Waals surface area contributed by atoms with Gasteiger partial charge in [0.15, 0.2) is 5.96 Å². The second kappa shape index (κ2) is 9.46. The van der Waals surface area contributed by atoms with Gasteiger partial charge in [-0.2, -0.15) is 13.2 Å². The zero-order valence-corrected chi connectivity index (χ0v) is 15.1. The molecule has 1 rings (SSSR count). The molecular weight excluding hydrogens is 466 g/mol. The summed E-state index contributed by atoms with van der Waals surface area (Å²) in [6.07, 6.45) is -4.42. The third-order valence-electron chi connectivity index (χ3n) is 2.41. The lowest BCUT2D eigenvalue weighted by Gasteiger charge is -2.12. The first-order valence-corrected chi connectivity index (χ1v) is 6.52. The number of hydrogen-bond acceptors (Lipinski definition) is 2. The molecule has 0 bridgehead atoms. The maximum atomic E-state index is 12.9. The number of guanidine groups is 1. The number of rotatable bonds is 5. The summed E-state index contributed by atoms with van der Waals surface area (Å²) in [5, 5.41) is 2.74. The Bertz CT molecular complexity index is 483. The first-order valence-electron chi connectivity index (χ1n) is 5.73. The molecule has 0 aromatic heterocycles. The van der Waals surface area contributed by atoms with Crippen LogP contribution in [0.3, 0.4) is 0 Å². The van der Waals surface area contributed by atoms with Crippen LogP contribution in [0.25, 0.3) is 0 Å². The molecule has 9 heteroatoms. The van der Waals surface area contributed by atoms with Gasteiger partial charge in [-0.25, -0.2) is 4.99 Å². The molecule has 0 aliphatic rings. The van der Waals surface area contributed by atoms with Crippen LogP contribution < -0.4 is 11.1 Å². The Labute approximate surface area is 146 Å². The Kier molecular flexibility index (Phi) is 9.22. The van der Waals surface area contributed by atoms with E-state index in [2.05, 4.69) is 26.2 Å². The van der Waals surface area contributed by atoms with Gasteiger partial charge in [0.05, 0.1) is 18.7 Å². The summed E-state index contributed by atoms with van der Waals surface area (Å²) >= 11 is 3.02. The predicted molar refractivity (Wildman–Crippen MR) is 89.8 cm³/mol. The first kappa shape index (κ1) is 20.5. The number of hydrogen-bond donors (Lipinski definition) is 2. The second-order valence-corrected chi connectivity index (χ2v) is 4.84. The van der Waals surface area contributed by atoms with Gasteiger partial charge in [-0.1, -0.05) is 22.0 Å². The van der Waals surface area contributed by atoms with E-state index in [1.54, 1.807) is 0 Å². The highest BCUT2D eigenvalue weighted by molar-refractivity contribution is 14.0. The van der Waals surface area contributed by atoms with Crippen molar-refractivity contribution in [3.63, 3.8) is 0 Å². The van der Waals surface area contributed by atoms with Gasteiger partial charge < -0.3 is 15.8 Å². The van der Waals surface area contributed by atoms with Crippen LogP contribution in [0.1, 0.15) is 11.1 Å². The summed E-state index contributed by atoms with van der Waals surface area (Å²) in [4.78, 5) is 3.88. The first-order chi connectivity index (χ1) is 9.34. The zero-order valence-electron chi connectivity index (χ0n) is 11.2. The number of methoxy groups -OCH3 is 1. The summed E-state index contributed by atoms with van der Waals surface area (Å²) in [6.45, 7) is 0.731. The number of nitrogens with zero attached hydrogens (tertiary/aromatic N) is 1. The van der Waals surface area contributed by atoms with Crippen LogP contribution >= 0.6 is 39.9 Å². The van der Waals surface area contributed by atoms with E-state index in [9.17, 15) is 13.2 Å². The van der Waals surface area contributed by atoms with E-state index < -0.39 is 11.7 Å². The average Bonchev–Trinajstić information content (AvgIpc) is 2.36. The molecule has 4 nitrogen and oxygen atoms in total. The Balaban J connectivity index is 0.00000400. The van der Waals surface area contributed by atoms with Crippen molar-refractivity contribution in [2.24, 2.45) is 10.7 Å². The summed E-state index contributed by atoms with van der Waals surface area (Å²) < 4.78 is 43.8. The Hall–Kier alpha value is -0.550. The topological polar surface area (TPSA) is 59.6 Å². The van der Waals surface area contributed by atoms with Crippen LogP contribution in [0.2, 0.25) is 0 Å². The van der Waals surface area contributed by atoms with E-state index in [0.29, 0.717) is 17.6 Å². The smallest absolute Gasteiger partial charge is 0.383 e. The summed E-state index contributed by atoms with van der Waals surface area (Å²) in [5.74, 6) is 0.0816. The fourth-order valence-corrected chi connectivity index (χ4v) is 1.82. The molecule has 0 fully saturated rings. The highest BCUT2D eigenvalue weighted by Gasteiger charge is 2.33. The standard InChI is InChI=1S/C12H15BrF3N3O.HI/c1-20-5-4-18-11(17)19-7-8-2-3-9(13)6-10(8)12(14,15)16;/h2-3,6H,4-5,7H2,1H3,(H3,17,18,19);1H. The van der Waals surface area contributed by atoms with Crippen molar-refractivity contribution in [1.29, 1.82) is 0 Å². The molecule has 21 heavy (non-hydrogen) atoms. The Morgan fingerprint density at radius 1 is 1.43 bits per heavy atom. The number of aliphatic imine (C=N–C) groups is 1. The number of ether oxygens (including phenoxy) is 1. The fourth-order valence-electron chi connectivity index (χ4n) is 1.46. The molecule has 1 aromatic carbocycles. The van der Waals surface area contributed by atoms with Gasteiger partial charge in [0.2, 0.25) is 0 Å². The van der Waals surface area contributed by atoms with Crippen LogP contribution in [0.4, 0.5) is 13.2 Å². The molecule has 0 heterocycles. The molecule has 0 unspecified atom stereocenters. The Morgan fingerprint density at radius 3 is 2.67 bits per heavy atom. The lowest BCUT2D eigenvalue weighted by atomic mass is 10.1.